The maximum atomic E-state index is 9.61. The summed E-state index contributed by atoms with van der Waals surface area (Å²) in [5.41, 5.74) is 7.09. The topological polar surface area (TPSA) is 60.7 Å². The second kappa shape index (κ2) is 14.8. The number of aromatic hydroxyl groups is 3. The Morgan fingerprint density at radius 2 is 1.17 bits per heavy atom. The molecule has 0 aromatic heterocycles. The molecular weight excluding hydrogens is 588 g/mol. The minimum absolute atomic E-state index is 0.0863. The van der Waals surface area contributed by atoms with E-state index in [1.807, 2.05) is 12.1 Å². The van der Waals surface area contributed by atoms with Gasteiger partial charge in [-0.05, 0) is 150 Å². The first-order valence-electron chi connectivity index (χ1n) is 18.2. The highest BCUT2D eigenvalue weighted by Crippen LogP contribution is 2.51. The summed E-state index contributed by atoms with van der Waals surface area (Å²) >= 11 is 0. The lowest BCUT2D eigenvalue weighted by Gasteiger charge is -2.45. The summed E-state index contributed by atoms with van der Waals surface area (Å²) in [4.78, 5) is 0. The fourth-order valence-corrected chi connectivity index (χ4v) is 8.82. The van der Waals surface area contributed by atoms with Gasteiger partial charge in [-0.2, -0.15) is 0 Å². The van der Waals surface area contributed by atoms with E-state index < -0.39 is 0 Å². The molecule has 4 aromatic rings. The third-order valence-electron chi connectivity index (χ3n) is 12.3. The summed E-state index contributed by atoms with van der Waals surface area (Å²) in [5, 5.41) is 28.7. The van der Waals surface area contributed by atoms with Crippen molar-refractivity contribution in [3.8, 4) is 17.2 Å². The molecule has 4 aromatic carbocycles. The minimum Gasteiger partial charge on any atom is -0.508 e. The average molecular weight is 647 g/mol. The third kappa shape index (κ3) is 8.11. The Morgan fingerprint density at radius 3 is 1.73 bits per heavy atom. The SMILES string of the molecule is CC1CCC(C(C)(C)c2ccc(O)cc2)CC1c1ccc(O)cc1.Cc1ccc(C2CC(C)(c3ccc(O)cc3)CCC2C(C)C)cc1. The number of phenols is 3. The van der Waals surface area contributed by atoms with Crippen molar-refractivity contribution in [2.75, 3.05) is 0 Å². The summed E-state index contributed by atoms with van der Waals surface area (Å²) < 4.78 is 0. The van der Waals surface area contributed by atoms with E-state index in [2.05, 4.69) is 109 Å². The highest BCUT2D eigenvalue weighted by atomic mass is 16.3. The maximum absolute atomic E-state index is 9.61. The second-order valence-corrected chi connectivity index (χ2v) is 16.2. The van der Waals surface area contributed by atoms with Crippen LogP contribution < -0.4 is 0 Å². The van der Waals surface area contributed by atoms with Crippen molar-refractivity contribution in [1.82, 2.24) is 0 Å². The van der Waals surface area contributed by atoms with Crippen LogP contribution in [0.2, 0.25) is 0 Å². The number of rotatable bonds is 6. The van der Waals surface area contributed by atoms with Gasteiger partial charge in [0.1, 0.15) is 17.2 Å². The van der Waals surface area contributed by atoms with E-state index >= 15 is 0 Å². The van der Waals surface area contributed by atoms with Gasteiger partial charge in [-0.1, -0.05) is 108 Å². The van der Waals surface area contributed by atoms with Crippen LogP contribution in [-0.4, -0.2) is 15.3 Å². The molecule has 6 unspecified atom stereocenters. The summed E-state index contributed by atoms with van der Waals surface area (Å²) in [6, 6.07) is 32.5. The van der Waals surface area contributed by atoms with Gasteiger partial charge in [0.05, 0.1) is 0 Å². The number of aryl methyl sites for hydroxylation is 1. The fourth-order valence-electron chi connectivity index (χ4n) is 8.82. The van der Waals surface area contributed by atoms with Crippen molar-refractivity contribution < 1.29 is 15.3 Å². The standard InChI is InChI=1S/C23H30O.C22H28O2/c1-16(2)21-13-14-23(4,19-9-11-20(24)12-10-19)15-22(21)18-7-5-17(3)6-8-18;1-15-4-7-18(14-21(15)16-5-10-19(23)11-6-16)22(2,3)17-8-12-20(24)13-9-17/h5-12,16,21-22,24H,13-15H2,1-4H3;5-6,8-13,15,18,21,23-24H,4,7,14H2,1-3H3. The molecule has 2 aliphatic rings. The Bertz CT molecular complexity index is 1580. The van der Waals surface area contributed by atoms with E-state index in [0.29, 0.717) is 46.8 Å². The van der Waals surface area contributed by atoms with E-state index in [4.69, 9.17) is 0 Å². The van der Waals surface area contributed by atoms with Gasteiger partial charge in [-0.15, -0.1) is 0 Å². The lowest BCUT2D eigenvalue weighted by molar-refractivity contribution is 0.171. The Balaban J connectivity index is 0.000000188. The molecule has 2 fully saturated rings. The van der Waals surface area contributed by atoms with Crippen molar-refractivity contribution in [3.63, 3.8) is 0 Å². The first-order valence-corrected chi connectivity index (χ1v) is 18.2. The summed E-state index contributed by atoms with van der Waals surface area (Å²) in [5.74, 6) is 4.90. The molecule has 6 atom stereocenters. The van der Waals surface area contributed by atoms with Crippen LogP contribution in [0.3, 0.4) is 0 Å². The lowest BCUT2D eigenvalue weighted by Crippen LogP contribution is -2.35. The minimum atomic E-state index is 0.0863. The molecule has 256 valence electrons. The smallest absolute Gasteiger partial charge is 0.115 e. The monoisotopic (exact) mass is 646 g/mol. The second-order valence-electron chi connectivity index (χ2n) is 16.2. The molecule has 48 heavy (non-hydrogen) atoms. The number of hydrogen-bond donors (Lipinski definition) is 3. The molecule has 2 saturated carbocycles. The van der Waals surface area contributed by atoms with Crippen LogP contribution in [0.5, 0.6) is 17.2 Å². The molecule has 0 saturated heterocycles. The molecule has 2 aliphatic carbocycles. The van der Waals surface area contributed by atoms with Gasteiger partial charge in [-0.25, -0.2) is 0 Å². The van der Waals surface area contributed by atoms with Crippen molar-refractivity contribution in [2.24, 2.45) is 23.7 Å². The van der Waals surface area contributed by atoms with E-state index in [0.717, 1.165) is 5.92 Å². The van der Waals surface area contributed by atoms with Gasteiger partial charge < -0.3 is 15.3 Å². The van der Waals surface area contributed by atoms with Gasteiger partial charge in [-0.3, -0.25) is 0 Å². The Labute approximate surface area is 290 Å². The van der Waals surface area contributed by atoms with E-state index in [-0.39, 0.29) is 10.8 Å². The summed E-state index contributed by atoms with van der Waals surface area (Å²) in [6.45, 7) is 16.3. The zero-order valence-electron chi connectivity index (χ0n) is 30.3. The Morgan fingerprint density at radius 1 is 0.667 bits per heavy atom. The van der Waals surface area contributed by atoms with Crippen LogP contribution >= 0.6 is 0 Å². The van der Waals surface area contributed by atoms with Gasteiger partial charge in [0, 0.05) is 0 Å². The predicted octanol–water partition coefficient (Wildman–Crippen LogP) is 11.8. The predicted molar refractivity (Wildman–Crippen MR) is 200 cm³/mol. The largest absolute Gasteiger partial charge is 0.508 e. The van der Waals surface area contributed by atoms with Gasteiger partial charge in [0.25, 0.3) is 0 Å². The van der Waals surface area contributed by atoms with E-state index in [1.54, 1.807) is 24.3 Å². The molecule has 6 rings (SSSR count). The van der Waals surface area contributed by atoms with Crippen molar-refractivity contribution in [3.05, 3.63) is 125 Å². The molecule has 0 aliphatic heterocycles. The number of phenolic OH excluding ortho intramolecular Hbond substituents is 3. The molecule has 0 radical (unpaired) electrons. The van der Waals surface area contributed by atoms with Crippen molar-refractivity contribution >= 4 is 0 Å². The van der Waals surface area contributed by atoms with Crippen LogP contribution in [-0.2, 0) is 10.8 Å². The molecule has 0 heterocycles. The Kier molecular flexibility index (Phi) is 11.0. The summed E-state index contributed by atoms with van der Waals surface area (Å²) in [7, 11) is 0. The van der Waals surface area contributed by atoms with Gasteiger partial charge in [0.15, 0.2) is 0 Å². The molecule has 3 nitrogen and oxygen atoms in total. The van der Waals surface area contributed by atoms with Crippen LogP contribution in [0.15, 0.2) is 97.1 Å². The zero-order valence-corrected chi connectivity index (χ0v) is 30.3. The summed E-state index contributed by atoms with van der Waals surface area (Å²) in [6.07, 6.45) is 7.32. The normalized spacial score (nSPS) is 26.0. The number of hydrogen-bond acceptors (Lipinski definition) is 3. The van der Waals surface area contributed by atoms with Crippen LogP contribution in [0.25, 0.3) is 0 Å². The lowest BCUT2D eigenvalue weighted by atomic mass is 9.59. The Hall–Kier alpha value is -3.72. The van der Waals surface area contributed by atoms with Crippen molar-refractivity contribution in [2.45, 2.75) is 110 Å². The van der Waals surface area contributed by atoms with Crippen LogP contribution in [0.4, 0.5) is 0 Å². The van der Waals surface area contributed by atoms with Crippen LogP contribution in [0.1, 0.15) is 120 Å². The molecule has 0 amide bonds. The molecule has 3 heteroatoms. The first kappa shape index (κ1) is 35.6. The molecule has 0 bridgehead atoms. The zero-order chi connectivity index (χ0) is 34.6. The molecule has 0 spiro atoms. The highest BCUT2D eigenvalue weighted by Gasteiger charge is 2.41. The van der Waals surface area contributed by atoms with E-state index in [1.165, 1.54) is 66.3 Å². The molecular formula is C45H58O3. The number of benzene rings is 4. The third-order valence-corrected chi connectivity index (χ3v) is 12.3. The fraction of sp³-hybridized carbons (Fsp3) is 0.467. The average Bonchev–Trinajstić information content (AvgIpc) is 3.06. The van der Waals surface area contributed by atoms with E-state index in [9.17, 15) is 15.3 Å². The highest BCUT2D eigenvalue weighted by molar-refractivity contribution is 5.35. The van der Waals surface area contributed by atoms with Crippen molar-refractivity contribution in [1.29, 1.82) is 0 Å². The first-order chi connectivity index (χ1) is 22.8. The van der Waals surface area contributed by atoms with Gasteiger partial charge >= 0.3 is 0 Å². The molecule has 3 N–H and O–H groups in total. The van der Waals surface area contributed by atoms with Crippen LogP contribution in [0, 0.1) is 30.6 Å². The maximum Gasteiger partial charge on any atom is 0.115 e. The quantitative estimate of drug-likeness (QED) is 0.195. The van der Waals surface area contributed by atoms with Gasteiger partial charge in [0.2, 0.25) is 0 Å².